The fraction of sp³-hybridized carbons (Fsp3) is 0.611. The van der Waals surface area contributed by atoms with Crippen LogP contribution < -0.4 is 10.2 Å². The molecule has 4 heteroatoms. The van der Waals surface area contributed by atoms with Gasteiger partial charge in [-0.05, 0) is 49.4 Å². The Bertz CT molecular complexity index is 492. The van der Waals surface area contributed by atoms with Crippen LogP contribution in [0.2, 0.25) is 0 Å². The van der Waals surface area contributed by atoms with Crippen molar-refractivity contribution in [1.29, 1.82) is 0 Å². The van der Waals surface area contributed by atoms with Crippen molar-refractivity contribution in [3.05, 3.63) is 24.3 Å². The number of hydrogen-bond acceptors (Lipinski definition) is 3. The van der Waals surface area contributed by atoms with E-state index < -0.39 is 0 Å². The first-order chi connectivity index (χ1) is 10.5. The van der Waals surface area contributed by atoms with Crippen LogP contribution in [0.4, 0.5) is 11.4 Å². The van der Waals surface area contributed by atoms with Gasteiger partial charge in [-0.2, -0.15) is 0 Å². The molecule has 1 fully saturated rings. The van der Waals surface area contributed by atoms with Gasteiger partial charge >= 0.3 is 0 Å². The van der Waals surface area contributed by atoms with Crippen LogP contribution in [0.3, 0.4) is 0 Å². The van der Waals surface area contributed by atoms with E-state index in [1.807, 2.05) is 36.2 Å². The number of amides is 1. The Balaban J connectivity index is 1.99. The second kappa shape index (κ2) is 7.14. The average Bonchev–Trinajstić information content (AvgIpc) is 2.43. The van der Waals surface area contributed by atoms with Crippen molar-refractivity contribution in [2.45, 2.75) is 39.5 Å². The van der Waals surface area contributed by atoms with Gasteiger partial charge in [0.25, 0.3) is 0 Å². The Morgan fingerprint density at radius 3 is 2.41 bits per heavy atom. The van der Waals surface area contributed by atoms with Gasteiger partial charge in [-0.25, -0.2) is 0 Å². The minimum absolute atomic E-state index is 0.132. The highest BCUT2D eigenvalue weighted by Gasteiger charge is 2.44. The highest BCUT2D eigenvalue weighted by molar-refractivity contribution is 5.96. The lowest BCUT2D eigenvalue weighted by atomic mass is 9.64. The number of nitrogens with one attached hydrogen (secondary N) is 1. The number of aliphatic hydroxyl groups excluding tert-OH is 1. The molecule has 0 bridgehead atoms. The molecule has 2 N–H and O–H groups in total. The lowest BCUT2D eigenvalue weighted by Gasteiger charge is -2.41. The molecule has 2 rings (SSSR count). The third kappa shape index (κ3) is 3.80. The van der Waals surface area contributed by atoms with Gasteiger partial charge < -0.3 is 15.3 Å². The third-order valence-electron chi connectivity index (χ3n) is 4.59. The van der Waals surface area contributed by atoms with Crippen molar-refractivity contribution in [3.63, 3.8) is 0 Å². The zero-order chi connectivity index (χ0) is 16.2. The summed E-state index contributed by atoms with van der Waals surface area (Å²) in [5, 5.41) is 12.0. The molecular weight excluding hydrogens is 276 g/mol. The molecule has 0 atom stereocenters. The Kier molecular flexibility index (Phi) is 5.46. The average molecular weight is 304 g/mol. The molecule has 0 heterocycles. The van der Waals surface area contributed by atoms with Crippen LogP contribution in [-0.4, -0.2) is 31.2 Å². The monoisotopic (exact) mass is 304 g/mol. The van der Waals surface area contributed by atoms with E-state index >= 15 is 0 Å². The van der Waals surface area contributed by atoms with Crippen LogP contribution in [0.5, 0.6) is 0 Å². The number of hydrogen-bond donors (Lipinski definition) is 2. The van der Waals surface area contributed by atoms with Crippen LogP contribution in [0.25, 0.3) is 0 Å². The maximum Gasteiger partial charge on any atom is 0.230 e. The lowest BCUT2D eigenvalue weighted by molar-refractivity contribution is -0.131. The molecular formula is C18H28N2O2. The summed E-state index contributed by atoms with van der Waals surface area (Å²) >= 11 is 0. The molecule has 22 heavy (non-hydrogen) atoms. The van der Waals surface area contributed by atoms with Gasteiger partial charge in [-0.3, -0.25) is 4.79 Å². The van der Waals surface area contributed by atoms with Crippen molar-refractivity contribution >= 4 is 17.3 Å². The van der Waals surface area contributed by atoms with Crippen LogP contribution in [-0.2, 0) is 4.79 Å². The van der Waals surface area contributed by atoms with Gasteiger partial charge in [0, 0.05) is 30.4 Å². The van der Waals surface area contributed by atoms with Crippen LogP contribution >= 0.6 is 0 Å². The van der Waals surface area contributed by atoms with E-state index in [2.05, 4.69) is 19.2 Å². The number of carbonyl (C=O) groups is 1. The van der Waals surface area contributed by atoms with E-state index in [0.717, 1.165) is 37.1 Å². The molecule has 1 aliphatic carbocycles. The molecule has 0 aliphatic heterocycles. The molecule has 1 aliphatic rings. The fourth-order valence-corrected chi connectivity index (χ4v) is 3.25. The summed E-state index contributed by atoms with van der Waals surface area (Å²) < 4.78 is 0. The summed E-state index contributed by atoms with van der Waals surface area (Å²) in [6.07, 6.45) is 4.14. The van der Waals surface area contributed by atoms with E-state index in [9.17, 15) is 4.79 Å². The Morgan fingerprint density at radius 1 is 1.32 bits per heavy atom. The van der Waals surface area contributed by atoms with Crippen LogP contribution in [0.15, 0.2) is 24.3 Å². The molecule has 1 amide bonds. The van der Waals surface area contributed by atoms with Gasteiger partial charge in [0.15, 0.2) is 0 Å². The lowest BCUT2D eigenvalue weighted by Crippen LogP contribution is -2.42. The predicted molar refractivity (Wildman–Crippen MR) is 91.2 cm³/mol. The van der Waals surface area contributed by atoms with Gasteiger partial charge in [0.05, 0.1) is 6.61 Å². The first-order valence-corrected chi connectivity index (χ1v) is 8.20. The molecule has 0 radical (unpaired) electrons. The zero-order valence-corrected chi connectivity index (χ0v) is 13.9. The highest BCUT2D eigenvalue weighted by Crippen LogP contribution is 2.46. The second-order valence-electron chi connectivity index (χ2n) is 6.88. The van der Waals surface area contributed by atoms with Crippen molar-refractivity contribution < 1.29 is 9.90 Å². The quantitative estimate of drug-likeness (QED) is 0.813. The summed E-state index contributed by atoms with van der Waals surface area (Å²) in [7, 11) is 1.94. The molecule has 1 saturated carbocycles. The Labute approximate surface area is 133 Å². The van der Waals surface area contributed by atoms with Crippen molar-refractivity contribution in [2.24, 2.45) is 11.3 Å². The number of anilines is 2. The molecule has 0 unspecified atom stereocenters. The predicted octanol–water partition coefficient (Wildman–Crippen LogP) is 3.27. The SMILES string of the molecule is CC(C)CC1(C(=O)Nc2ccc(N(C)CCO)cc2)CCC1. The largest absolute Gasteiger partial charge is 0.395 e. The maximum absolute atomic E-state index is 12.6. The summed E-state index contributed by atoms with van der Waals surface area (Å²) in [5.41, 5.74) is 1.73. The number of carbonyl (C=O) groups excluding carboxylic acids is 1. The van der Waals surface area contributed by atoms with Gasteiger partial charge in [0.1, 0.15) is 0 Å². The van der Waals surface area contributed by atoms with E-state index in [1.165, 1.54) is 0 Å². The molecule has 0 spiro atoms. The Morgan fingerprint density at radius 2 is 1.95 bits per heavy atom. The smallest absolute Gasteiger partial charge is 0.230 e. The summed E-state index contributed by atoms with van der Waals surface area (Å²) in [6.45, 7) is 5.09. The van der Waals surface area contributed by atoms with Crippen LogP contribution in [0.1, 0.15) is 39.5 Å². The van der Waals surface area contributed by atoms with Crippen molar-refractivity contribution in [2.75, 3.05) is 30.4 Å². The summed E-state index contributed by atoms with van der Waals surface area (Å²) in [4.78, 5) is 14.6. The normalized spacial score (nSPS) is 16.2. The van der Waals surface area contributed by atoms with Gasteiger partial charge in [-0.15, -0.1) is 0 Å². The van der Waals surface area contributed by atoms with Gasteiger partial charge in [0.2, 0.25) is 5.91 Å². The number of rotatable bonds is 7. The van der Waals surface area contributed by atoms with E-state index in [4.69, 9.17) is 5.11 Å². The van der Waals surface area contributed by atoms with E-state index in [-0.39, 0.29) is 17.9 Å². The molecule has 122 valence electrons. The standard InChI is InChI=1S/C18H28N2O2/c1-14(2)13-18(9-4-10-18)17(22)19-15-5-7-16(8-6-15)20(3)11-12-21/h5-8,14,21H,4,9-13H2,1-3H3,(H,19,22). The maximum atomic E-state index is 12.6. The van der Waals surface area contributed by atoms with E-state index in [1.54, 1.807) is 0 Å². The number of nitrogens with zero attached hydrogens (tertiary/aromatic N) is 1. The van der Waals surface area contributed by atoms with Crippen molar-refractivity contribution in [1.82, 2.24) is 0 Å². The van der Waals surface area contributed by atoms with Crippen LogP contribution in [0, 0.1) is 11.3 Å². The van der Waals surface area contributed by atoms with Crippen molar-refractivity contribution in [3.8, 4) is 0 Å². The number of benzene rings is 1. The summed E-state index contributed by atoms with van der Waals surface area (Å²) in [6, 6.07) is 7.81. The van der Waals surface area contributed by atoms with E-state index in [0.29, 0.717) is 12.5 Å². The minimum Gasteiger partial charge on any atom is -0.395 e. The molecule has 1 aromatic rings. The topological polar surface area (TPSA) is 52.6 Å². The first-order valence-electron chi connectivity index (χ1n) is 8.20. The number of aliphatic hydroxyl groups is 1. The molecule has 1 aromatic carbocycles. The third-order valence-corrected chi connectivity index (χ3v) is 4.59. The molecule has 4 nitrogen and oxygen atoms in total. The second-order valence-corrected chi connectivity index (χ2v) is 6.88. The zero-order valence-electron chi connectivity index (χ0n) is 13.9. The van der Waals surface area contributed by atoms with Gasteiger partial charge in [-0.1, -0.05) is 20.3 Å². The fourth-order valence-electron chi connectivity index (χ4n) is 3.25. The molecule has 0 aromatic heterocycles. The summed E-state index contributed by atoms with van der Waals surface area (Å²) in [5.74, 6) is 0.712. The molecule has 0 saturated heterocycles. The first kappa shape index (κ1) is 16.8. The highest BCUT2D eigenvalue weighted by atomic mass is 16.3. The number of likely N-dealkylation sites (N-methyl/N-ethyl adjacent to an activating group) is 1. The minimum atomic E-state index is -0.152. The Hall–Kier alpha value is -1.55.